The Labute approximate surface area is 117 Å². The van der Waals surface area contributed by atoms with Gasteiger partial charge in [-0.15, -0.1) is 0 Å². The van der Waals surface area contributed by atoms with E-state index < -0.39 is 6.10 Å². The number of amides is 1. The topological polar surface area (TPSA) is 61.8 Å². The molecule has 0 radical (unpaired) electrons. The Morgan fingerprint density at radius 2 is 2.25 bits per heavy atom. The molecule has 1 aliphatic heterocycles. The van der Waals surface area contributed by atoms with E-state index in [1.165, 1.54) is 6.07 Å². The molecule has 1 unspecified atom stereocenters. The van der Waals surface area contributed by atoms with Crippen LogP contribution in [0.3, 0.4) is 0 Å². The first-order chi connectivity index (χ1) is 9.65. The number of rotatable bonds is 6. The molecule has 1 aromatic carbocycles. The van der Waals surface area contributed by atoms with Crippen LogP contribution in [-0.4, -0.2) is 54.8 Å². The molecule has 0 spiro atoms. The third kappa shape index (κ3) is 4.56. The molecule has 5 nitrogen and oxygen atoms in total. The Balaban J connectivity index is 1.68. The van der Waals surface area contributed by atoms with Crippen molar-refractivity contribution in [1.82, 2.24) is 10.2 Å². The summed E-state index contributed by atoms with van der Waals surface area (Å²) >= 11 is 0. The largest absolute Gasteiger partial charge is 0.389 e. The van der Waals surface area contributed by atoms with Gasteiger partial charge in [0.05, 0.1) is 25.9 Å². The number of piperazine rings is 1. The molecule has 0 saturated carbocycles. The van der Waals surface area contributed by atoms with Gasteiger partial charge in [0.1, 0.15) is 5.82 Å². The number of aliphatic hydroxyl groups excluding tert-OH is 1. The lowest BCUT2D eigenvalue weighted by Gasteiger charge is -2.28. The maximum atomic E-state index is 13.3. The van der Waals surface area contributed by atoms with Gasteiger partial charge in [0.15, 0.2) is 0 Å². The molecule has 1 saturated heterocycles. The number of ether oxygens (including phenoxy) is 1. The average Bonchev–Trinajstić information content (AvgIpc) is 2.41. The lowest BCUT2D eigenvalue weighted by atomic mass is 10.2. The number of aliphatic hydroxyl groups is 1. The molecule has 1 heterocycles. The first kappa shape index (κ1) is 14.9. The van der Waals surface area contributed by atoms with Gasteiger partial charge in [-0.05, 0) is 6.07 Å². The maximum Gasteiger partial charge on any atom is 0.234 e. The van der Waals surface area contributed by atoms with Gasteiger partial charge in [-0.2, -0.15) is 0 Å². The summed E-state index contributed by atoms with van der Waals surface area (Å²) in [6, 6.07) is 6.39. The van der Waals surface area contributed by atoms with E-state index >= 15 is 0 Å². The molecule has 1 aliphatic rings. The summed E-state index contributed by atoms with van der Waals surface area (Å²) in [5.41, 5.74) is 0.469. The molecule has 1 fully saturated rings. The summed E-state index contributed by atoms with van der Waals surface area (Å²) in [6.07, 6.45) is -0.687. The van der Waals surface area contributed by atoms with Gasteiger partial charge in [0.2, 0.25) is 5.91 Å². The second-order valence-electron chi connectivity index (χ2n) is 4.85. The molecular formula is C14H19FN2O3. The Bertz CT molecular complexity index is 456. The molecule has 1 amide bonds. The zero-order valence-corrected chi connectivity index (χ0v) is 11.2. The average molecular weight is 282 g/mol. The van der Waals surface area contributed by atoms with Crippen molar-refractivity contribution < 1.29 is 19.0 Å². The lowest BCUT2D eigenvalue weighted by Crippen LogP contribution is -2.50. The minimum Gasteiger partial charge on any atom is -0.389 e. The molecule has 0 aromatic heterocycles. The minimum atomic E-state index is -0.687. The molecular weight excluding hydrogens is 263 g/mol. The van der Waals surface area contributed by atoms with Crippen molar-refractivity contribution in [3.05, 3.63) is 35.6 Å². The van der Waals surface area contributed by atoms with Crippen molar-refractivity contribution in [2.24, 2.45) is 0 Å². The molecule has 1 aromatic rings. The summed E-state index contributed by atoms with van der Waals surface area (Å²) in [5, 5.41) is 12.6. The standard InChI is InChI=1S/C14H19FN2O3/c15-13-4-2-1-3-11(13)9-20-10-12(18)7-17-6-5-16-14(19)8-17/h1-4,12,18H,5-10H2,(H,16,19). The Morgan fingerprint density at radius 3 is 3.00 bits per heavy atom. The molecule has 6 heteroatoms. The highest BCUT2D eigenvalue weighted by Gasteiger charge is 2.18. The van der Waals surface area contributed by atoms with E-state index in [2.05, 4.69) is 5.32 Å². The zero-order valence-electron chi connectivity index (χ0n) is 11.2. The van der Waals surface area contributed by atoms with Crippen molar-refractivity contribution in [3.8, 4) is 0 Å². The van der Waals surface area contributed by atoms with Crippen LogP contribution in [0.1, 0.15) is 5.56 Å². The van der Waals surface area contributed by atoms with E-state index in [0.717, 1.165) is 6.54 Å². The number of β-amino-alcohol motifs (C(OH)–C–C–N with tert-alkyl or cyclic N) is 1. The van der Waals surface area contributed by atoms with Gasteiger partial charge < -0.3 is 15.2 Å². The van der Waals surface area contributed by atoms with E-state index in [0.29, 0.717) is 25.2 Å². The van der Waals surface area contributed by atoms with Crippen LogP contribution < -0.4 is 5.32 Å². The number of nitrogens with zero attached hydrogens (tertiary/aromatic N) is 1. The van der Waals surface area contributed by atoms with Crippen LogP contribution in [0, 0.1) is 5.82 Å². The summed E-state index contributed by atoms with van der Waals surface area (Å²) in [7, 11) is 0. The number of halogens is 1. The Morgan fingerprint density at radius 1 is 1.45 bits per heavy atom. The SMILES string of the molecule is O=C1CN(CC(O)COCc2ccccc2F)CCN1. The molecule has 0 bridgehead atoms. The second-order valence-corrected chi connectivity index (χ2v) is 4.85. The van der Waals surface area contributed by atoms with Gasteiger partial charge >= 0.3 is 0 Å². The van der Waals surface area contributed by atoms with Crippen molar-refractivity contribution in [2.75, 3.05) is 32.8 Å². The highest BCUT2D eigenvalue weighted by Crippen LogP contribution is 2.08. The third-order valence-corrected chi connectivity index (χ3v) is 3.11. The smallest absolute Gasteiger partial charge is 0.234 e. The predicted molar refractivity (Wildman–Crippen MR) is 71.5 cm³/mol. The van der Waals surface area contributed by atoms with Crippen LogP contribution in [0.2, 0.25) is 0 Å². The minimum absolute atomic E-state index is 0.0317. The van der Waals surface area contributed by atoms with E-state index in [9.17, 15) is 14.3 Å². The maximum absolute atomic E-state index is 13.3. The van der Waals surface area contributed by atoms with Gasteiger partial charge in [-0.1, -0.05) is 18.2 Å². The lowest BCUT2D eigenvalue weighted by molar-refractivity contribution is -0.124. The van der Waals surface area contributed by atoms with E-state index in [4.69, 9.17) is 4.74 Å². The van der Waals surface area contributed by atoms with E-state index in [-0.39, 0.29) is 24.9 Å². The number of hydrogen-bond donors (Lipinski definition) is 2. The van der Waals surface area contributed by atoms with Crippen molar-refractivity contribution >= 4 is 5.91 Å². The second kappa shape index (κ2) is 7.33. The first-order valence-corrected chi connectivity index (χ1v) is 6.63. The van der Waals surface area contributed by atoms with Crippen molar-refractivity contribution in [3.63, 3.8) is 0 Å². The zero-order chi connectivity index (χ0) is 14.4. The Kier molecular flexibility index (Phi) is 5.46. The van der Waals surface area contributed by atoms with Crippen LogP contribution in [0.4, 0.5) is 4.39 Å². The quantitative estimate of drug-likeness (QED) is 0.779. The van der Waals surface area contributed by atoms with Crippen LogP contribution in [0.5, 0.6) is 0 Å². The van der Waals surface area contributed by atoms with Crippen LogP contribution in [0.25, 0.3) is 0 Å². The highest BCUT2D eigenvalue weighted by molar-refractivity contribution is 5.78. The summed E-state index contributed by atoms with van der Waals surface area (Å²) in [4.78, 5) is 13.1. The van der Waals surface area contributed by atoms with Gasteiger partial charge in [-0.25, -0.2) is 4.39 Å². The predicted octanol–water partition coefficient (Wildman–Crippen LogP) is 0.135. The van der Waals surface area contributed by atoms with Gasteiger partial charge in [0.25, 0.3) is 0 Å². The number of benzene rings is 1. The fraction of sp³-hybridized carbons (Fsp3) is 0.500. The number of carbonyl (C=O) groups is 1. The molecule has 1 atom stereocenters. The number of carbonyl (C=O) groups excluding carboxylic acids is 1. The monoisotopic (exact) mass is 282 g/mol. The molecule has 2 N–H and O–H groups in total. The summed E-state index contributed by atoms with van der Waals surface area (Å²) in [5.74, 6) is -0.342. The fourth-order valence-electron chi connectivity index (χ4n) is 2.12. The van der Waals surface area contributed by atoms with E-state index in [1.54, 1.807) is 18.2 Å². The van der Waals surface area contributed by atoms with E-state index in [1.807, 2.05) is 4.90 Å². The van der Waals surface area contributed by atoms with Gasteiger partial charge in [-0.3, -0.25) is 9.69 Å². The molecule has 2 rings (SSSR count). The summed E-state index contributed by atoms with van der Waals surface area (Å²) < 4.78 is 18.6. The normalized spacial score (nSPS) is 17.8. The molecule has 0 aliphatic carbocycles. The third-order valence-electron chi connectivity index (χ3n) is 3.11. The summed E-state index contributed by atoms with van der Waals surface area (Å²) in [6.45, 7) is 2.24. The number of nitrogens with one attached hydrogen (secondary N) is 1. The highest BCUT2D eigenvalue weighted by atomic mass is 19.1. The molecule has 20 heavy (non-hydrogen) atoms. The van der Waals surface area contributed by atoms with Gasteiger partial charge in [0, 0.05) is 25.2 Å². The number of hydrogen-bond acceptors (Lipinski definition) is 4. The van der Waals surface area contributed by atoms with Crippen molar-refractivity contribution in [2.45, 2.75) is 12.7 Å². The van der Waals surface area contributed by atoms with Crippen LogP contribution in [0.15, 0.2) is 24.3 Å². The van der Waals surface area contributed by atoms with Crippen LogP contribution in [-0.2, 0) is 16.1 Å². The van der Waals surface area contributed by atoms with Crippen molar-refractivity contribution in [1.29, 1.82) is 0 Å². The Hall–Kier alpha value is -1.50. The fourth-order valence-corrected chi connectivity index (χ4v) is 2.12. The molecule has 110 valence electrons. The first-order valence-electron chi connectivity index (χ1n) is 6.63. The van der Waals surface area contributed by atoms with Crippen LogP contribution >= 0.6 is 0 Å².